The molecule has 1 fully saturated rings. The summed E-state index contributed by atoms with van der Waals surface area (Å²) >= 11 is 1.14. The van der Waals surface area contributed by atoms with Crippen molar-refractivity contribution in [1.29, 1.82) is 0 Å². The standard InChI is InChI=1S/C13H18N2O3S/c1-9(16)13-15-7-11(19-13)12(17)14-5-4-10-3-2-6-18-8-10/h7,10H,2-6,8H2,1H3,(H,14,17)/t10-/m0/s1. The molecule has 1 aliphatic heterocycles. The van der Waals surface area contributed by atoms with E-state index >= 15 is 0 Å². The Kier molecular flexibility index (Phi) is 5.04. The summed E-state index contributed by atoms with van der Waals surface area (Å²) in [5.41, 5.74) is 0. The molecule has 1 amide bonds. The molecule has 5 nitrogen and oxygen atoms in total. The van der Waals surface area contributed by atoms with Crippen LogP contribution in [0.5, 0.6) is 0 Å². The van der Waals surface area contributed by atoms with Crippen LogP contribution in [-0.2, 0) is 4.74 Å². The van der Waals surface area contributed by atoms with E-state index < -0.39 is 0 Å². The number of hydrogen-bond donors (Lipinski definition) is 1. The van der Waals surface area contributed by atoms with Crippen LogP contribution >= 0.6 is 11.3 Å². The second kappa shape index (κ2) is 6.77. The number of Topliss-reactive ketones (excluding diaryl/α,β-unsaturated/α-hetero) is 1. The molecule has 104 valence electrons. The normalized spacial score (nSPS) is 19.1. The number of ether oxygens (including phenoxy) is 1. The van der Waals surface area contributed by atoms with E-state index in [4.69, 9.17) is 4.74 Å². The van der Waals surface area contributed by atoms with Gasteiger partial charge in [0.2, 0.25) is 0 Å². The maximum atomic E-state index is 11.8. The van der Waals surface area contributed by atoms with Crippen molar-refractivity contribution in [1.82, 2.24) is 10.3 Å². The number of carbonyl (C=O) groups excluding carboxylic acids is 2. The summed E-state index contributed by atoms with van der Waals surface area (Å²) < 4.78 is 5.40. The maximum absolute atomic E-state index is 11.8. The minimum absolute atomic E-state index is 0.108. The van der Waals surface area contributed by atoms with E-state index in [2.05, 4.69) is 10.3 Å². The Morgan fingerprint density at radius 2 is 2.42 bits per heavy atom. The molecule has 2 heterocycles. The number of rotatable bonds is 5. The van der Waals surface area contributed by atoms with Gasteiger partial charge in [0.15, 0.2) is 10.8 Å². The molecule has 1 aliphatic rings. The minimum atomic E-state index is -0.151. The van der Waals surface area contributed by atoms with Crippen molar-refractivity contribution < 1.29 is 14.3 Å². The van der Waals surface area contributed by atoms with Gasteiger partial charge in [0.25, 0.3) is 5.91 Å². The third-order valence-electron chi connectivity index (χ3n) is 3.12. The minimum Gasteiger partial charge on any atom is -0.381 e. The summed E-state index contributed by atoms with van der Waals surface area (Å²) in [5.74, 6) is 0.286. The molecule has 1 saturated heterocycles. The highest BCUT2D eigenvalue weighted by atomic mass is 32.1. The van der Waals surface area contributed by atoms with E-state index in [-0.39, 0.29) is 11.7 Å². The van der Waals surface area contributed by atoms with Gasteiger partial charge in [0.1, 0.15) is 4.88 Å². The third kappa shape index (κ3) is 4.11. The fourth-order valence-corrected chi connectivity index (χ4v) is 2.78. The zero-order valence-electron chi connectivity index (χ0n) is 11.0. The highest BCUT2D eigenvalue weighted by molar-refractivity contribution is 7.15. The van der Waals surface area contributed by atoms with Crippen molar-refractivity contribution in [3.8, 4) is 0 Å². The maximum Gasteiger partial charge on any atom is 0.263 e. The first-order valence-corrected chi connectivity index (χ1v) is 7.31. The van der Waals surface area contributed by atoms with Crippen LogP contribution in [-0.4, -0.2) is 36.4 Å². The quantitative estimate of drug-likeness (QED) is 0.837. The Morgan fingerprint density at radius 3 is 3.05 bits per heavy atom. The zero-order chi connectivity index (χ0) is 13.7. The second-order valence-corrected chi connectivity index (χ2v) is 5.74. The van der Waals surface area contributed by atoms with Gasteiger partial charge in [-0.25, -0.2) is 4.98 Å². The molecule has 1 atom stereocenters. The Labute approximate surface area is 116 Å². The zero-order valence-corrected chi connectivity index (χ0v) is 11.8. The summed E-state index contributed by atoms with van der Waals surface area (Å²) in [6.07, 6.45) is 4.67. The molecular weight excluding hydrogens is 264 g/mol. The first-order chi connectivity index (χ1) is 9.16. The average Bonchev–Trinajstić information content (AvgIpc) is 2.89. The van der Waals surface area contributed by atoms with Gasteiger partial charge in [-0.15, -0.1) is 11.3 Å². The molecule has 19 heavy (non-hydrogen) atoms. The van der Waals surface area contributed by atoms with E-state index in [1.165, 1.54) is 19.5 Å². The monoisotopic (exact) mass is 282 g/mol. The number of nitrogens with one attached hydrogen (secondary N) is 1. The van der Waals surface area contributed by atoms with Crippen LogP contribution in [0.1, 0.15) is 45.7 Å². The van der Waals surface area contributed by atoms with E-state index in [9.17, 15) is 9.59 Å². The molecule has 0 radical (unpaired) electrons. The van der Waals surface area contributed by atoms with Crippen molar-refractivity contribution in [3.63, 3.8) is 0 Å². The molecule has 1 aromatic heterocycles. The fourth-order valence-electron chi connectivity index (χ4n) is 2.05. The summed E-state index contributed by atoms with van der Waals surface area (Å²) in [4.78, 5) is 27.4. The molecule has 0 saturated carbocycles. The summed E-state index contributed by atoms with van der Waals surface area (Å²) in [5, 5.41) is 3.24. The smallest absolute Gasteiger partial charge is 0.263 e. The van der Waals surface area contributed by atoms with Gasteiger partial charge in [-0.3, -0.25) is 9.59 Å². The first kappa shape index (κ1) is 14.1. The predicted octanol–water partition coefficient (Wildman–Crippen LogP) is 1.89. The first-order valence-electron chi connectivity index (χ1n) is 6.49. The van der Waals surface area contributed by atoms with Gasteiger partial charge >= 0.3 is 0 Å². The Balaban J connectivity index is 1.75. The molecule has 2 rings (SSSR count). The van der Waals surface area contributed by atoms with Crippen molar-refractivity contribution in [2.75, 3.05) is 19.8 Å². The molecule has 0 unspecified atom stereocenters. The van der Waals surface area contributed by atoms with Crippen LogP contribution in [0.4, 0.5) is 0 Å². The lowest BCUT2D eigenvalue weighted by atomic mass is 9.99. The van der Waals surface area contributed by atoms with Gasteiger partial charge in [0.05, 0.1) is 6.20 Å². The number of hydrogen-bond acceptors (Lipinski definition) is 5. The number of thiazole rings is 1. The number of aromatic nitrogens is 1. The van der Waals surface area contributed by atoms with Crippen LogP contribution in [0.25, 0.3) is 0 Å². The summed E-state index contributed by atoms with van der Waals surface area (Å²) in [6.45, 7) is 3.74. The SMILES string of the molecule is CC(=O)c1ncc(C(=O)NCC[C@@H]2CCCOC2)s1. The second-order valence-electron chi connectivity index (χ2n) is 4.71. The van der Waals surface area contributed by atoms with Gasteiger partial charge < -0.3 is 10.1 Å². The van der Waals surface area contributed by atoms with Crippen LogP contribution in [0.15, 0.2) is 6.20 Å². The lowest BCUT2D eigenvalue weighted by Gasteiger charge is -2.21. The van der Waals surface area contributed by atoms with Gasteiger partial charge in [-0.1, -0.05) is 0 Å². The molecule has 0 bridgehead atoms. The highest BCUT2D eigenvalue weighted by Gasteiger charge is 2.15. The summed E-state index contributed by atoms with van der Waals surface area (Å²) in [6, 6.07) is 0. The predicted molar refractivity (Wildman–Crippen MR) is 72.6 cm³/mol. The Bertz CT molecular complexity index is 452. The van der Waals surface area contributed by atoms with Crippen LogP contribution in [0.3, 0.4) is 0 Å². The highest BCUT2D eigenvalue weighted by Crippen LogP contribution is 2.17. The molecule has 1 aromatic rings. The number of amides is 1. The van der Waals surface area contributed by atoms with E-state index in [1.54, 1.807) is 0 Å². The fraction of sp³-hybridized carbons (Fsp3) is 0.615. The van der Waals surface area contributed by atoms with Crippen LogP contribution < -0.4 is 5.32 Å². The molecule has 0 aromatic carbocycles. The van der Waals surface area contributed by atoms with Gasteiger partial charge in [-0.2, -0.15) is 0 Å². The largest absolute Gasteiger partial charge is 0.381 e. The molecule has 1 N–H and O–H groups in total. The summed E-state index contributed by atoms with van der Waals surface area (Å²) in [7, 11) is 0. The van der Waals surface area contributed by atoms with Gasteiger partial charge in [-0.05, 0) is 25.2 Å². The molecule has 0 aliphatic carbocycles. The van der Waals surface area contributed by atoms with Crippen LogP contribution in [0.2, 0.25) is 0 Å². The van der Waals surface area contributed by atoms with Crippen LogP contribution in [0, 0.1) is 5.92 Å². The lowest BCUT2D eigenvalue weighted by molar-refractivity contribution is 0.0514. The number of ketones is 1. The third-order valence-corrected chi connectivity index (χ3v) is 4.22. The number of nitrogens with zero attached hydrogens (tertiary/aromatic N) is 1. The molecule has 6 heteroatoms. The van der Waals surface area contributed by atoms with E-state index in [1.807, 2.05) is 0 Å². The topological polar surface area (TPSA) is 68.3 Å². The van der Waals surface area contributed by atoms with Crippen molar-refractivity contribution in [2.24, 2.45) is 5.92 Å². The van der Waals surface area contributed by atoms with E-state index in [0.29, 0.717) is 22.3 Å². The molecule has 0 spiro atoms. The van der Waals surface area contributed by atoms with Gasteiger partial charge in [0, 0.05) is 26.7 Å². The Morgan fingerprint density at radius 1 is 1.58 bits per heavy atom. The Hall–Kier alpha value is -1.27. The average molecular weight is 282 g/mol. The number of carbonyl (C=O) groups is 2. The van der Waals surface area contributed by atoms with Crippen molar-refractivity contribution in [3.05, 3.63) is 16.1 Å². The lowest BCUT2D eigenvalue weighted by Crippen LogP contribution is -2.27. The molecular formula is C13H18N2O3S. The van der Waals surface area contributed by atoms with Crippen molar-refractivity contribution in [2.45, 2.75) is 26.2 Å². The van der Waals surface area contributed by atoms with Crippen molar-refractivity contribution >= 4 is 23.0 Å². The van der Waals surface area contributed by atoms with E-state index in [0.717, 1.165) is 37.4 Å².